The molecule has 0 spiro atoms. The van der Waals surface area contributed by atoms with Gasteiger partial charge in [0.25, 0.3) is 5.91 Å². The first-order chi connectivity index (χ1) is 12.6. The van der Waals surface area contributed by atoms with E-state index in [1.807, 2.05) is 56.3 Å². The summed E-state index contributed by atoms with van der Waals surface area (Å²) in [6.07, 6.45) is 2.61. The van der Waals surface area contributed by atoms with Gasteiger partial charge in [-0.2, -0.15) is 0 Å². The smallest absolute Gasteiger partial charge is 0.262 e. The lowest BCUT2D eigenvalue weighted by molar-refractivity contribution is -0.143. The molecule has 6 heteroatoms. The van der Waals surface area contributed by atoms with Gasteiger partial charge >= 0.3 is 0 Å². The Morgan fingerprint density at radius 1 is 1.04 bits per heavy atom. The van der Waals surface area contributed by atoms with Gasteiger partial charge in [-0.3, -0.25) is 24.3 Å². The van der Waals surface area contributed by atoms with Crippen LogP contribution in [0.15, 0.2) is 54.9 Å². The fourth-order valence-electron chi connectivity index (χ4n) is 3.72. The van der Waals surface area contributed by atoms with Crippen LogP contribution in [0.1, 0.15) is 25.5 Å². The van der Waals surface area contributed by atoms with Gasteiger partial charge in [0.15, 0.2) is 6.10 Å². The van der Waals surface area contributed by atoms with Crippen LogP contribution < -0.4 is 5.06 Å². The van der Waals surface area contributed by atoms with E-state index in [-0.39, 0.29) is 23.8 Å². The fourth-order valence-corrected chi connectivity index (χ4v) is 3.72. The Morgan fingerprint density at radius 2 is 1.73 bits per heavy atom. The molecule has 0 saturated carbocycles. The normalized spacial score (nSPS) is 25.3. The monoisotopic (exact) mass is 351 g/mol. The van der Waals surface area contributed by atoms with Gasteiger partial charge in [-0.1, -0.05) is 32.0 Å². The minimum atomic E-state index is -0.778. The van der Waals surface area contributed by atoms with Crippen LogP contribution in [-0.4, -0.2) is 34.3 Å². The number of likely N-dealkylation sites (tertiary alicyclic amines) is 1. The zero-order chi connectivity index (χ0) is 18.3. The molecule has 3 atom stereocenters. The van der Waals surface area contributed by atoms with Crippen LogP contribution in [0.5, 0.6) is 0 Å². The van der Waals surface area contributed by atoms with Gasteiger partial charge in [0, 0.05) is 18.9 Å². The maximum atomic E-state index is 13.1. The average Bonchev–Trinajstić information content (AvgIpc) is 3.15. The zero-order valence-corrected chi connectivity index (χ0v) is 14.8. The van der Waals surface area contributed by atoms with E-state index < -0.39 is 12.0 Å². The predicted molar refractivity (Wildman–Crippen MR) is 95.8 cm³/mol. The SMILES string of the molecule is CC(C)CN1C(=O)[C@@H]2[C@H](ON(c3ccccc3)[C@H]2c2ccncc2)C1=O. The molecule has 2 aliphatic rings. The number of fused-ring (bicyclic) bond motifs is 1. The van der Waals surface area contributed by atoms with Crippen LogP contribution >= 0.6 is 0 Å². The summed E-state index contributed by atoms with van der Waals surface area (Å²) in [6, 6.07) is 12.9. The van der Waals surface area contributed by atoms with Crippen molar-refractivity contribution in [2.45, 2.75) is 26.0 Å². The third-order valence-corrected chi connectivity index (χ3v) is 4.81. The topological polar surface area (TPSA) is 62.7 Å². The molecular formula is C20H21N3O3. The molecule has 0 unspecified atom stereocenters. The molecule has 1 aromatic heterocycles. The van der Waals surface area contributed by atoms with E-state index in [1.165, 1.54) is 4.90 Å². The number of imide groups is 1. The van der Waals surface area contributed by atoms with Crippen molar-refractivity contribution >= 4 is 17.5 Å². The van der Waals surface area contributed by atoms with Crippen molar-refractivity contribution in [3.8, 4) is 0 Å². The largest absolute Gasteiger partial charge is 0.280 e. The number of benzene rings is 1. The first-order valence-corrected chi connectivity index (χ1v) is 8.84. The number of aromatic nitrogens is 1. The minimum Gasteiger partial charge on any atom is -0.280 e. The second-order valence-electron chi connectivity index (χ2n) is 7.12. The van der Waals surface area contributed by atoms with E-state index in [0.717, 1.165) is 11.3 Å². The Balaban J connectivity index is 1.75. The number of hydrogen-bond donors (Lipinski definition) is 0. The average molecular weight is 351 g/mol. The number of hydroxylamine groups is 1. The van der Waals surface area contributed by atoms with Gasteiger partial charge in [0.05, 0.1) is 11.7 Å². The quantitative estimate of drug-likeness (QED) is 0.793. The highest BCUT2D eigenvalue weighted by Crippen LogP contribution is 2.46. The Morgan fingerprint density at radius 3 is 2.38 bits per heavy atom. The number of carbonyl (C=O) groups excluding carboxylic acids is 2. The van der Waals surface area contributed by atoms with Crippen molar-refractivity contribution in [2.75, 3.05) is 11.6 Å². The van der Waals surface area contributed by atoms with Crippen molar-refractivity contribution < 1.29 is 14.4 Å². The molecule has 6 nitrogen and oxygen atoms in total. The molecule has 2 fully saturated rings. The van der Waals surface area contributed by atoms with E-state index >= 15 is 0 Å². The number of rotatable bonds is 4. The van der Waals surface area contributed by atoms with E-state index in [4.69, 9.17) is 4.84 Å². The van der Waals surface area contributed by atoms with Crippen molar-refractivity contribution in [1.82, 2.24) is 9.88 Å². The summed E-state index contributed by atoms with van der Waals surface area (Å²) in [4.78, 5) is 37.4. The summed E-state index contributed by atoms with van der Waals surface area (Å²) in [5.41, 5.74) is 1.73. The highest BCUT2D eigenvalue weighted by molar-refractivity contribution is 6.07. The van der Waals surface area contributed by atoms with Gasteiger partial charge in [-0.15, -0.1) is 0 Å². The Kier molecular flexibility index (Phi) is 4.20. The van der Waals surface area contributed by atoms with Crippen LogP contribution in [-0.2, 0) is 14.4 Å². The zero-order valence-electron chi connectivity index (χ0n) is 14.8. The minimum absolute atomic E-state index is 0.158. The molecule has 0 aliphatic carbocycles. The van der Waals surface area contributed by atoms with E-state index in [0.29, 0.717) is 6.54 Å². The summed E-state index contributed by atoms with van der Waals surface area (Å²) in [6.45, 7) is 4.40. The van der Waals surface area contributed by atoms with Crippen molar-refractivity contribution in [3.05, 3.63) is 60.4 Å². The lowest BCUT2D eigenvalue weighted by Gasteiger charge is -2.29. The highest BCUT2D eigenvalue weighted by atomic mass is 16.7. The number of para-hydroxylation sites is 1. The van der Waals surface area contributed by atoms with Crippen LogP contribution in [0.4, 0.5) is 5.69 Å². The van der Waals surface area contributed by atoms with Gasteiger partial charge < -0.3 is 0 Å². The molecule has 2 saturated heterocycles. The van der Waals surface area contributed by atoms with Crippen molar-refractivity contribution in [2.24, 2.45) is 11.8 Å². The number of pyridine rings is 1. The van der Waals surface area contributed by atoms with Crippen LogP contribution in [0.2, 0.25) is 0 Å². The third-order valence-electron chi connectivity index (χ3n) is 4.81. The molecule has 0 N–H and O–H groups in total. The van der Waals surface area contributed by atoms with E-state index in [2.05, 4.69) is 4.98 Å². The fraction of sp³-hybridized carbons (Fsp3) is 0.350. The van der Waals surface area contributed by atoms with Gasteiger partial charge in [0.2, 0.25) is 5.91 Å². The van der Waals surface area contributed by atoms with Crippen molar-refractivity contribution in [3.63, 3.8) is 0 Å². The van der Waals surface area contributed by atoms with Gasteiger partial charge in [0.1, 0.15) is 5.92 Å². The van der Waals surface area contributed by atoms with Gasteiger partial charge in [-0.25, -0.2) is 5.06 Å². The maximum absolute atomic E-state index is 13.1. The molecule has 134 valence electrons. The summed E-state index contributed by atoms with van der Waals surface area (Å²) in [5, 5.41) is 1.70. The second-order valence-corrected chi connectivity index (χ2v) is 7.12. The number of nitrogens with zero attached hydrogens (tertiary/aromatic N) is 3. The lowest BCUT2D eigenvalue weighted by Crippen LogP contribution is -2.39. The van der Waals surface area contributed by atoms with Crippen LogP contribution in [0.25, 0.3) is 0 Å². The summed E-state index contributed by atoms with van der Waals surface area (Å²) in [7, 11) is 0. The van der Waals surface area contributed by atoms with Gasteiger partial charge in [-0.05, 0) is 35.7 Å². The maximum Gasteiger partial charge on any atom is 0.262 e. The standard InChI is InChI=1S/C20H21N3O3/c1-13(2)12-22-19(24)16-17(14-8-10-21-11-9-14)23(26-18(16)20(22)25)15-6-4-3-5-7-15/h3-11,13,16-18H,12H2,1-2H3/t16-,17-,18-/m0/s1. The Labute approximate surface area is 152 Å². The summed E-state index contributed by atoms with van der Waals surface area (Å²) in [5.74, 6) is -0.740. The van der Waals surface area contributed by atoms with Crippen molar-refractivity contribution in [1.29, 1.82) is 0 Å². The molecule has 3 heterocycles. The lowest BCUT2D eigenvalue weighted by atomic mass is 9.91. The van der Waals surface area contributed by atoms with Crippen LogP contribution in [0.3, 0.4) is 0 Å². The number of carbonyl (C=O) groups is 2. The van der Waals surface area contributed by atoms with Crippen LogP contribution in [0, 0.1) is 11.8 Å². The third kappa shape index (κ3) is 2.66. The summed E-state index contributed by atoms with van der Waals surface area (Å²) < 4.78 is 0. The first-order valence-electron chi connectivity index (χ1n) is 8.84. The van der Waals surface area contributed by atoms with E-state index in [1.54, 1.807) is 17.5 Å². The number of anilines is 1. The molecule has 1 aromatic carbocycles. The highest BCUT2D eigenvalue weighted by Gasteiger charge is 2.59. The molecule has 0 bridgehead atoms. The number of amides is 2. The number of hydrogen-bond acceptors (Lipinski definition) is 5. The molecule has 2 aromatic rings. The Hall–Kier alpha value is -2.73. The molecule has 2 amide bonds. The Bertz CT molecular complexity index is 810. The molecule has 26 heavy (non-hydrogen) atoms. The predicted octanol–water partition coefficient (Wildman–Crippen LogP) is 2.58. The second kappa shape index (κ2) is 6.53. The summed E-state index contributed by atoms with van der Waals surface area (Å²) >= 11 is 0. The molecule has 0 radical (unpaired) electrons. The molecule has 4 rings (SSSR count). The molecule has 2 aliphatic heterocycles. The van der Waals surface area contributed by atoms with E-state index in [9.17, 15) is 9.59 Å². The first kappa shape index (κ1) is 16.7. The molecular weight excluding hydrogens is 330 g/mol.